The van der Waals surface area contributed by atoms with Crippen LogP contribution in [0.1, 0.15) is 21.8 Å². The van der Waals surface area contributed by atoms with Crippen molar-refractivity contribution in [2.24, 2.45) is 0 Å². The Balaban J connectivity index is 1.25. The second-order valence-electron chi connectivity index (χ2n) is 6.83. The summed E-state index contributed by atoms with van der Waals surface area (Å²) in [5, 5.41) is 5.33. The highest BCUT2D eigenvalue weighted by atomic mass is 32.1. The number of carbonyl (C=O) groups excluding carboxylic acids is 2. The molecule has 8 heteroatoms. The number of benzene rings is 2. The summed E-state index contributed by atoms with van der Waals surface area (Å²) in [6.45, 7) is 2.18. The van der Waals surface area contributed by atoms with Gasteiger partial charge in [-0.3, -0.25) is 4.79 Å². The van der Waals surface area contributed by atoms with Crippen molar-refractivity contribution >= 4 is 35.0 Å². The zero-order chi connectivity index (χ0) is 21.6. The van der Waals surface area contributed by atoms with E-state index in [0.29, 0.717) is 22.2 Å². The van der Waals surface area contributed by atoms with Gasteiger partial charge in [-0.2, -0.15) is 0 Å². The van der Waals surface area contributed by atoms with Crippen molar-refractivity contribution in [1.29, 1.82) is 0 Å². The zero-order valence-electron chi connectivity index (χ0n) is 16.8. The molecule has 1 amide bonds. The Bertz CT molecular complexity index is 1140. The minimum Gasteiger partial charge on any atom is -0.456 e. The summed E-state index contributed by atoms with van der Waals surface area (Å²) in [5.74, 6) is 0.715. The number of hydrogen-bond donors (Lipinski definition) is 1. The topological polar surface area (TPSA) is 86.8 Å². The molecule has 1 N–H and O–H groups in total. The van der Waals surface area contributed by atoms with Crippen molar-refractivity contribution in [2.75, 3.05) is 12.1 Å². The molecule has 0 bridgehead atoms. The van der Waals surface area contributed by atoms with E-state index < -0.39 is 5.97 Å². The van der Waals surface area contributed by atoms with Gasteiger partial charge in [-0.05, 0) is 42.3 Å². The Morgan fingerprint density at radius 3 is 2.90 bits per heavy atom. The smallest absolute Gasteiger partial charge is 0.331 e. The van der Waals surface area contributed by atoms with Crippen molar-refractivity contribution in [2.45, 2.75) is 20.0 Å². The first-order valence-electron chi connectivity index (χ1n) is 9.60. The molecule has 1 aromatic heterocycles. The summed E-state index contributed by atoms with van der Waals surface area (Å²) < 4.78 is 15.8. The third-order valence-electron chi connectivity index (χ3n) is 4.50. The number of nitrogens with zero attached hydrogens (tertiary/aromatic N) is 1. The first-order chi connectivity index (χ1) is 15.1. The summed E-state index contributed by atoms with van der Waals surface area (Å²) in [4.78, 5) is 28.6. The number of ether oxygens (including phenoxy) is 3. The number of carbonyl (C=O) groups is 2. The van der Waals surface area contributed by atoms with Gasteiger partial charge in [-0.1, -0.05) is 24.3 Å². The Labute approximate surface area is 183 Å². The maximum atomic E-state index is 12.2. The van der Waals surface area contributed by atoms with Crippen LogP contribution in [0.15, 0.2) is 53.9 Å². The molecule has 2 heterocycles. The molecular weight excluding hydrogens is 416 g/mol. The van der Waals surface area contributed by atoms with E-state index in [9.17, 15) is 9.59 Å². The van der Waals surface area contributed by atoms with E-state index in [4.69, 9.17) is 14.2 Å². The highest BCUT2D eigenvalue weighted by Crippen LogP contribution is 2.32. The standard InChI is InChI=1S/C23H20N2O5S/c1-15-4-2-3-5-18(15)25-21(26)11-22-24-17(13-31-22)12-28-23(27)9-7-16-6-8-19-20(10-16)30-14-29-19/h2-10,13H,11-12,14H2,1H3,(H,25,26). The second kappa shape index (κ2) is 9.44. The van der Waals surface area contributed by atoms with Gasteiger partial charge in [-0.25, -0.2) is 9.78 Å². The molecule has 0 saturated heterocycles. The molecule has 0 spiro atoms. The van der Waals surface area contributed by atoms with Crippen LogP contribution in [0.25, 0.3) is 6.08 Å². The monoisotopic (exact) mass is 436 g/mol. The number of esters is 1. The fourth-order valence-corrected chi connectivity index (χ4v) is 3.69. The van der Waals surface area contributed by atoms with Gasteiger partial charge in [0.15, 0.2) is 11.5 Å². The number of thiazole rings is 1. The van der Waals surface area contributed by atoms with E-state index >= 15 is 0 Å². The van der Waals surface area contributed by atoms with E-state index in [2.05, 4.69) is 10.3 Å². The van der Waals surface area contributed by atoms with Gasteiger partial charge in [0.1, 0.15) is 11.6 Å². The lowest BCUT2D eigenvalue weighted by molar-refractivity contribution is -0.139. The molecule has 4 rings (SSSR count). The Hall–Kier alpha value is -3.65. The quantitative estimate of drug-likeness (QED) is 0.443. The van der Waals surface area contributed by atoms with Crippen LogP contribution in [0, 0.1) is 6.92 Å². The zero-order valence-corrected chi connectivity index (χ0v) is 17.6. The molecule has 0 fully saturated rings. The lowest BCUT2D eigenvalue weighted by Gasteiger charge is -2.06. The first kappa shape index (κ1) is 20.6. The molecule has 7 nitrogen and oxygen atoms in total. The number of para-hydroxylation sites is 1. The third-order valence-corrected chi connectivity index (χ3v) is 5.40. The Kier molecular flexibility index (Phi) is 6.28. The summed E-state index contributed by atoms with van der Waals surface area (Å²) in [5.41, 5.74) is 3.19. The predicted octanol–water partition coefficient (Wildman–Crippen LogP) is 4.12. The second-order valence-corrected chi connectivity index (χ2v) is 7.77. The van der Waals surface area contributed by atoms with E-state index in [-0.39, 0.29) is 25.7 Å². The maximum Gasteiger partial charge on any atom is 0.331 e. The van der Waals surface area contributed by atoms with Crippen LogP contribution in [0.5, 0.6) is 11.5 Å². The molecule has 1 aliphatic heterocycles. The molecule has 0 radical (unpaired) electrons. The number of aryl methyl sites for hydroxylation is 1. The fraction of sp³-hybridized carbons (Fsp3) is 0.174. The number of anilines is 1. The molecule has 0 atom stereocenters. The van der Waals surface area contributed by atoms with Crippen molar-refractivity contribution in [3.63, 3.8) is 0 Å². The van der Waals surface area contributed by atoms with Crippen molar-refractivity contribution in [1.82, 2.24) is 4.98 Å². The van der Waals surface area contributed by atoms with E-state index in [1.54, 1.807) is 23.6 Å². The third kappa shape index (κ3) is 5.49. The molecule has 3 aromatic rings. The van der Waals surface area contributed by atoms with Crippen LogP contribution in [0.4, 0.5) is 5.69 Å². The number of rotatable bonds is 7. The number of fused-ring (bicyclic) bond motifs is 1. The lowest BCUT2D eigenvalue weighted by atomic mass is 10.2. The summed E-state index contributed by atoms with van der Waals surface area (Å²) in [6.07, 6.45) is 3.16. The van der Waals surface area contributed by atoms with E-state index in [1.165, 1.54) is 17.4 Å². The summed E-state index contributed by atoms with van der Waals surface area (Å²) >= 11 is 1.36. The Morgan fingerprint density at radius 2 is 2.03 bits per heavy atom. The van der Waals surface area contributed by atoms with Crippen molar-refractivity contribution in [3.8, 4) is 11.5 Å². The van der Waals surface area contributed by atoms with Gasteiger partial charge < -0.3 is 19.5 Å². The number of hydrogen-bond acceptors (Lipinski definition) is 7. The minimum atomic E-state index is -0.482. The average molecular weight is 436 g/mol. The minimum absolute atomic E-state index is 0.0419. The highest BCUT2D eigenvalue weighted by Gasteiger charge is 2.13. The first-order valence-corrected chi connectivity index (χ1v) is 10.5. The molecule has 31 heavy (non-hydrogen) atoms. The molecule has 0 saturated carbocycles. The maximum absolute atomic E-state index is 12.2. The van der Waals surface area contributed by atoms with Gasteiger partial charge >= 0.3 is 5.97 Å². The lowest BCUT2D eigenvalue weighted by Crippen LogP contribution is -2.15. The fourth-order valence-electron chi connectivity index (χ4n) is 2.92. The molecule has 2 aromatic carbocycles. The van der Waals surface area contributed by atoms with E-state index in [0.717, 1.165) is 16.8 Å². The molecule has 158 valence electrons. The van der Waals surface area contributed by atoms with Gasteiger partial charge in [0.25, 0.3) is 0 Å². The van der Waals surface area contributed by atoms with Crippen LogP contribution in [0.3, 0.4) is 0 Å². The normalized spacial score (nSPS) is 12.2. The predicted molar refractivity (Wildman–Crippen MR) is 117 cm³/mol. The number of amides is 1. The number of nitrogens with one attached hydrogen (secondary N) is 1. The number of aromatic nitrogens is 1. The molecule has 0 aliphatic carbocycles. The molecule has 0 unspecified atom stereocenters. The van der Waals surface area contributed by atoms with Crippen molar-refractivity contribution < 1.29 is 23.8 Å². The summed E-state index contributed by atoms with van der Waals surface area (Å²) in [7, 11) is 0. The molecular formula is C23H20N2O5S. The van der Waals surface area contributed by atoms with Gasteiger partial charge in [-0.15, -0.1) is 11.3 Å². The SMILES string of the molecule is Cc1ccccc1NC(=O)Cc1nc(COC(=O)C=Cc2ccc3c(c2)OCO3)cs1. The van der Waals surface area contributed by atoms with Gasteiger partial charge in [0.2, 0.25) is 12.7 Å². The van der Waals surface area contributed by atoms with Crippen LogP contribution in [0.2, 0.25) is 0 Å². The van der Waals surface area contributed by atoms with Crippen LogP contribution < -0.4 is 14.8 Å². The Morgan fingerprint density at radius 1 is 1.19 bits per heavy atom. The van der Waals surface area contributed by atoms with Crippen LogP contribution in [-0.4, -0.2) is 23.7 Å². The van der Waals surface area contributed by atoms with Gasteiger partial charge in [0, 0.05) is 17.1 Å². The van der Waals surface area contributed by atoms with Crippen molar-refractivity contribution in [3.05, 3.63) is 75.7 Å². The van der Waals surface area contributed by atoms with Crippen LogP contribution >= 0.6 is 11.3 Å². The highest BCUT2D eigenvalue weighted by molar-refractivity contribution is 7.09. The average Bonchev–Trinajstić information content (AvgIpc) is 3.41. The summed E-state index contributed by atoms with van der Waals surface area (Å²) in [6, 6.07) is 13.0. The van der Waals surface area contributed by atoms with Crippen LogP contribution in [-0.2, 0) is 27.4 Å². The van der Waals surface area contributed by atoms with E-state index in [1.807, 2.05) is 37.3 Å². The largest absolute Gasteiger partial charge is 0.456 e. The van der Waals surface area contributed by atoms with Gasteiger partial charge in [0.05, 0.1) is 12.1 Å². The molecule has 1 aliphatic rings.